The third-order valence-corrected chi connectivity index (χ3v) is 3.95. The highest BCUT2D eigenvalue weighted by Crippen LogP contribution is 2.26. The average molecular weight is 406 g/mol. The minimum Gasteiger partial charge on any atom is -0.478 e. The van der Waals surface area contributed by atoms with Gasteiger partial charge in [0.25, 0.3) is 0 Å². The van der Waals surface area contributed by atoms with Crippen molar-refractivity contribution in [2.24, 2.45) is 0 Å². The fraction of sp³-hybridized carbons (Fsp3) is 0.250. The van der Waals surface area contributed by atoms with Gasteiger partial charge in [0.2, 0.25) is 0 Å². The number of hydrogen-bond donors (Lipinski definition) is 3. The van der Waals surface area contributed by atoms with Crippen LogP contribution < -0.4 is 5.32 Å². The highest BCUT2D eigenvalue weighted by atomic mass is 19.1. The second-order valence-electron chi connectivity index (χ2n) is 6.06. The van der Waals surface area contributed by atoms with Crippen molar-refractivity contribution in [2.75, 3.05) is 13.1 Å². The van der Waals surface area contributed by atoms with Crippen molar-refractivity contribution in [1.82, 2.24) is 10.3 Å². The van der Waals surface area contributed by atoms with E-state index in [1.54, 1.807) is 18.3 Å². The summed E-state index contributed by atoms with van der Waals surface area (Å²) in [5.74, 6) is -3.45. The molecule has 0 spiro atoms. The van der Waals surface area contributed by atoms with E-state index in [-0.39, 0.29) is 11.7 Å². The number of pyridine rings is 1. The Balaban J connectivity index is 0.000000321. The van der Waals surface area contributed by atoms with E-state index in [4.69, 9.17) is 14.9 Å². The highest BCUT2D eigenvalue weighted by molar-refractivity contribution is 5.89. The molecular formula is C20H20F2N2O5. The number of aromatic nitrogens is 1. The molecule has 1 aromatic heterocycles. The van der Waals surface area contributed by atoms with Crippen molar-refractivity contribution >= 4 is 11.9 Å². The van der Waals surface area contributed by atoms with Gasteiger partial charge in [0.05, 0.1) is 18.4 Å². The van der Waals surface area contributed by atoms with Gasteiger partial charge in [-0.3, -0.25) is 4.98 Å². The first-order valence-electron chi connectivity index (χ1n) is 8.72. The van der Waals surface area contributed by atoms with Crippen LogP contribution in [0.4, 0.5) is 8.78 Å². The molecule has 1 aromatic carbocycles. The molecule has 0 amide bonds. The molecule has 0 saturated carbocycles. The standard InChI is InChI=1S/C16H16F2N2O.C4H4O4/c17-11-3-4-15(18)14(8-11)13-2-1-6-20-16(13)10-21-12-5-7-19-9-12;5-3(6)1-2-4(7)8/h1-4,6,8,12,19H,5,7,9-10H2;1-2H,(H,5,6)(H,7,8)/b;2-1+/t12-;/m0./s1. The predicted molar refractivity (Wildman–Crippen MR) is 100 cm³/mol. The minimum absolute atomic E-state index is 0.150. The second kappa shape index (κ2) is 11.0. The molecule has 0 unspecified atom stereocenters. The van der Waals surface area contributed by atoms with Gasteiger partial charge < -0.3 is 20.3 Å². The number of nitrogens with one attached hydrogen (secondary N) is 1. The first-order chi connectivity index (χ1) is 13.9. The Morgan fingerprint density at radius 3 is 2.52 bits per heavy atom. The van der Waals surface area contributed by atoms with E-state index in [1.807, 2.05) is 0 Å². The summed E-state index contributed by atoms with van der Waals surface area (Å²) in [6.07, 6.45) is 3.85. The number of hydrogen-bond acceptors (Lipinski definition) is 5. The number of nitrogens with zero attached hydrogens (tertiary/aromatic N) is 1. The zero-order valence-electron chi connectivity index (χ0n) is 15.3. The Labute approximate surface area is 165 Å². The quantitative estimate of drug-likeness (QED) is 0.633. The molecule has 1 atom stereocenters. The molecule has 0 radical (unpaired) electrons. The number of carboxylic acid groups (broad SMARTS) is 2. The largest absolute Gasteiger partial charge is 0.478 e. The van der Waals surface area contributed by atoms with Crippen LogP contribution >= 0.6 is 0 Å². The Morgan fingerprint density at radius 2 is 1.90 bits per heavy atom. The number of rotatable bonds is 6. The van der Waals surface area contributed by atoms with Crippen LogP contribution in [-0.2, 0) is 20.9 Å². The first kappa shape index (κ1) is 22.1. The summed E-state index contributed by atoms with van der Waals surface area (Å²) in [6.45, 7) is 2.05. The monoisotopic (exact) mass is 406 g/mol. The molecule has 3 N–H and O–H groups in total. The van der Waals surface area contributed by atoms with Crippen LogP contribution in [0.2, 0.25) is 0 Å². The van der Waals surface area contributed by atoms with Gasteiger partial charge >= 0.3 is 11.9 Å². The number of aliphatic carboxylic acids is 2. The van der Waals surface area contributed by atoms with E-state index in [0.29, 0.717) is 30.0 Å². The summed E-state index contributed by atoms with van der Waals surface area (Å²) in [5, 5.41) is 18.8. The minimum atomic E-state index is -1.26. The summed E-state index contributed by atoms with van der Waals surface area (Å²) < 4.78 is 33.1. The van der Waals surface area contributed by atoms with Gasteiger partial charge in [0.15, 0.2) is 0 Å². The van der Waals surface area contributed by atoms with Gasteiger partial charge in [-0.25, -0.2) is 18.4 Å². The molecule has 154 valence electrons. The summed E-state index contributed by atoms with van der Waals surface area (Å²) in [7, 11) is 0. The summed E-state index contributed by atoms with van der Waals surface area (Å²) in [5.41, 5.74) is 1.40. The lowest BCUT2D eigenvalue weighted by atomic mass is 10.0. The molecule has 1 fully saturated rings. The Kier molecular flexibility index (Phi) is 8.38. The third-order valence-electron chi connectivity index (χ3n) is 3.95. The van der Waals surface area contributed by atoms with Gasteiger partial charge in [-0.1, -0.05) is 6.07 Å². The number of carbonyl (C=O) groups is 2. The number of carboxylic acids is 2. The molecular weight excluding hydrogens is 386 g/mol. The summed E-state index contributed by atoms with van der Waals surface area (Å²) in [4.78, 5) is 23.4. The van der Waals surface area contributed by atoms with Crippen LogP contribution in [0.1, 0.15) is 12.1 Å². The summed E-state index contributed by atoms with van der Waals surface area (Å²) >= 11 is 0. The number of benzene rings is 1. The molecule has 1 saturated heterocycles. The van der Waals surface area contributed by atoms with E-state index in [9.17, 15) is 18.4 Å². The Bertz CT molecular complexity index is 867. The lowest BCUT2D eigenvalue weighted by Gasteiger charge is -2.13. The Morgan fingerprint density at radius 1 is 1.17 bits per heavy atom. The molecule has 1 aliphatic rings. The molecule has 7 nitrogen and oxygen atoms in total. The van der Waals surface area contributed by atoms with Gasteiger partial charge in [0, 0.05) is 36.0 Å². The Hall–Kier alpha value is -3.17. The predicted octanol–water partition coefficient (Wildman–Crippen LogP) is 2.62. The zero-order chi connectivity index (χ0) is 21.2. The van der Waals surface area contributed by atoms with Crippen molar-refractivity contribution < 1.29 is 33.3 Å². The topological polar surface area (TPSA) is 109 Å². The van der Waals surface area contributed by atoms with E-state index in [1.165, 1.54) is 6.07 Å². The van der Waals surface area contributed by atoms with Crippen LogP contribution in [0.5, 0.6) is 0 Å². The van der Waals surface area contributed by atoms with Gasteiger partial charge in [-0.2, -0.15) is 0 Å². The van der Waals surface area contributed by atoms with E-state index >= 15 is 0 Å². The zero-order valence-corrected chi connectivity index (χ0v) is 15.3. The van der Waals surface area contributed by atoms with E-state index < -0.39 is 23.6 Å². The van der Waals surface area contributed by atoms with Crippen LogP contribution in [0, 0.1) is 11.6 Å². The molecule has 3 rings (SSSR count). The molecule has 2 aromatic rings. The van der Waals surface area contributed by atoms with Crippen LogP contribution in [0.15, 0.2) is 48.7 Å². The second-order valence-corrected chi connectivity index (χ2v) is 6.06. The smallest absolute Gasteiger partial charge is 0.328 e. The normalized spacial score (nSPS) is 15.7. The maximum absolute atomic E-state index is 13.9. The molecule has 0 bridgehead atoms. The number of ether oxygens (including phenoxy) is 1. The van der Waals surface area contributed by atoms with Crippen molar-refractivity contribution in [1.29, 1.82) is 0 Å². The maximum Gasteiger partial charge on any atom is 0.328 e. The van der Waals surface area contributed by atoms with Crippen molar-refractivity contribution in [3.05, 3.63) is 66.0 Å². The van der Waals surface area contributed by atoms with Gasteiger partial charge in [-0.15, -0.1) is 0 Å². The van der Waals surface area contributed by atoms with E-state index in [2.05, 4.69) is 10.3 Å². The van der Waals surface area contributed by atoms with Crippen LogP contribution in [0.3, 0.4) is 0 Å². The third kappa shape index (κ3) is 7.40. The van der Waals surface area contributed by atoms with Gasteiger partial charge in [0.1, 0.15) is 11.6 Å². The first-order valence-corrected chi connectivity index (χ1v) is 8.72. The van der Waals surface area contributed by atoms with Crippen LogP contribution in [0.25, 0.3) is 11.1 Å². The van der Waals surface area contributed by atoms with Crippen molar-refractivity contribution in [3.63, 3.8) is 0 Å². The van der Waals surface area contributed by atoms with Crippen LogP contribution in [-0.4, -0.2) is 46.3 Å². The fourth-order valence-corrected chi connectivity index (χ4v) is 2.61. The lowest BCUT2D eigenvalue weighted by molar-refractivity contribution is -0.134. The number of halogens is 2. The molecule has 2 heterocycles. The molecule has 1 aliphatic heterocycles. The van der Waals surface area contributed by atoms with Crippen molar-refractivity contribution in [2.45, 2.75) is 19.1 Å². The lowest BCUT2D eigenvalue weighted by Crippen LogP contribution is -2.17. The van der Waals surface area contributed by atoms with Crippen molar-refractivity contribution in [3.8, 4) is 11.1 Å². The summed E-state index contributed by atoms with van der Waals surface area (Å²) in [6, 6.07) is 6.86. The average Bonchev–Trinajstić information content (AvgIpc) is 3.21. The molecule has 0 aliphatic carbocycles. The maximum atomic E-state index is 13.9. The highest BCUT2D eigenvalue weighted by Gasteiger charge is 2.17. The van der Waals surface area contributed by atoms with Gasteiger partial charge in [-0.05, 0) is 37.2 Å². The van der Waals surface area contributed by atoms with E-state index in [0.717, 1.165) is 31.6 Å². The SMILES string of the molecule is Fc1ccc(F)c(-c2cccnc2CO[C@H]2CCNC2)c1.O=C(O)/C=C/C(=O)O. The molecule has 29 heavy (non-hydrogen) atoms. The molecule has 9 heteroatoms. The fourth-order valence-electron chi connectivity index (χ4n) is 2.61.